The Balaban J connectivity index is 1.00. The minimum atomic E-state index is -1.03. The Hall–Kier alpha value is -4.68. The maximum absolute atomic E-state index is 13.2. The van der Waals surface area contributed by atoms with Crippen molar-refractivity contribution in [2.45, 2.75) is 114 Å². The van der Waals surface area contributed by atoms with E-state index in [1.54, 1.807) is 0 Å². The molecule has 0 aromatic heterocycles. The van der Waals surface area contributed by atoms with Crippen molar-refractivity contribution in [3.63, 3.8) is 0 Å². The van der Waals surface area contributed by atoms with E-state index in [2.05, 4.69) is 46.4 Å². The Morgan fingerprint density at radius 3 is 2.78 bits per heavy atom. The predicted molar refractivity (Wildman–Crippen MR) is 219 cm³/mol. The van der Waals surface area contributed by atoms with Gasteiger partial charge in [-0.3, -0.25) is 15.1 Å². The van der Waals surface area contributed by atoms with Gasteiger partial charge in [-0.2, -0.15) is 0 Å². The van der Waals surface area contributed by atoms with Crippen LogP contribution in [0.15, 0.2) is 70.5 Å². The van der Waals surface area contributed by atoms with Crippen LogP contribution in [-0.4, -0.2) is 63.7 Å². The summed E-state index contributed by atoms with van der Waals surface area (Å²) in [6.07, 6.45) is 14.5. The molecular weight excluding hydrogens is 729 g/mol. The molecule has 8 aliphatic rings. The highest BCUT2D eigenvalue weighted by Gasteiger charge is 2.49. The number of allylic oxidation sites excluding steroid dienone is 2. The van der Waals surface area contributed by atoms with Gasteiger partial charge in [0.1, 0.15) is 18.0 Å². The molecule has 5 heterocycles. The number of nitrogens with zero attached hydrogens (tertiary/aromatic N) is 2. The molecule has 2 bridgehead atoms. The van der Waals surface area contributed by atoms with E-state index in [0.717, 1.165) is 67.5 Å². The van der Waals surface area contributed by atoms with E-state index in [9.17, 15) is 20.1 Å². The number of Topliss-reactive ketones (excluding diaryl/α,β-unsaturated/α-hetero) is 1. The largest absolute Gasteiger partial charge is 0.465 e. The van der Waals surface area contributed by atoms with Crippen LogP contribution >= 0.6 is 0 Å². The number of fused-ring (bicyclic) bond motifs is 6. The van der Waals surface area contributed by atoms with Gasteiger partial charge < -0.3 is 35.4 Å². The maximum Gasteiger partial charge on any atom is 0.187 e. The van der Waals surface area contributed by atoms with Crippen LogP contribution in [0.5, 0.6) is 11.5 Å². The lowest BCUT2D eigenvalue weighted by molar-refractivity contribution is -0.122. The number of aryl methyl sites for hydroxylation is 1. The molecule has 1 fully saturated rings. The first-order valence-electron chi connectivity index (χ1n) is 21.3. The molecule has 10 nitrogen and oxygen atoms in total. The Morgan fingerprint density at radius 1 is 1.09 bits per heavy atom. The summed E-state index contributed by atoms with van der Waals surface area (Å²) in [7, 11) is 0. The number of nitrogens with two attached hydrogens (primary N) is 1. The number of hydrogen-bond donors (Lipinski definition) is 5. The average molecular weight is 781 g/mol. The maximum atomic E-state index is 13.2. The quantitative estimate of drug-likeness (QED) is 0.188. The number of ether oxygens (including phenoxy) is 2. The first kappa shape index (κ1) is 37.6. The van der Waals surface area contributed by atoms with Gasteiger partial charge in [0.2, 0.25) is 0 Å². The fourth-order valence-corrected chi connectivity index (χ4v) is 11.1. The molecule has 0 radical (unpaired) electrons. The van der Waals surface area contributed by atoms with Crippen LogP contribution in [-0.2, 0) is 11.2 Å². The van der Waals surface area contributed by atoms with Crippen LogP contribution in [0.1, 0.15) is 117 Å². The number of aliphatic hydroxyl groups excluding tert-OH is 3. The van der Waals surface area contributed by atoms with Crippen molar-refractivity contribution in [2.24, 2.45) is 33.9 Å². The normalized spacial score (nSPS) is 32.5. The number of ketones is 1. The molecule has 6 N–H and O–H groups in total. The second-order valence-corrected chi connectivity index (χ2v) is 17.9. The summed E-state index contributed by atoms with van der Waals surface area (Å²) in [6.45, 7) is 3.44. The van der Waals surface area contributed by atoms with Crippen molar-refractivity contribution in [3.05, 3.63) is 93.3 Å². The number of hydrogen-bond acceptors (Lipinski definition) is 10. The molecule has 2 aromatic carbocycles. The van der Waals surface area contributed by atoms with E-state index in [4.69, 9.17) is 20.2 Å². The summed E-state index contributed by atoms with van der Waals surface area (Å²) >= 11 is 0. The van der Waals surface area contributed by atoms with Crippen LogP contribution in [0.4, 0.5) is 0 Å². The van der Waals surface area contributed by atoms with E-state index in [1.165, 1.54) is 22.3 Å². The standard InChI is InChI=1S/C48H52N4O6/c1-27-4-9-32(40(55)20-27)41(56)22-30(53)8-5-28-6-15-42-43(21-28)58-47-37(48(18-19-57-42)16-2-3-17-48)13-14-39(54)33-11-12-34-44-29(23-51-46(34)49)7-10-31(45(33)44)35-24-50-38-26-52(47)25-36(35)38/h4,6,9,11-12,15,21,24,26-27,29,31-32,37,39-41,46-47,51,54-56H,2-3,5,7-8,10,16-17,20,22-23,25,49H2,1H3. The van der Waals surface area contributed by atoms with Gasteiger partial charge in [0.05, 0.1) is 35.4 Å². The molecule has 10 atom stereocenters. The van der Waals surface area contributed by atoms with Gasteiger partial charge in [-0.15, -0.1) is 0 Å². The minimum Gasteiger partial charge on any atom is -0.465 e. The van der Waals surface area contributed by atoms with E-state index in [1.807, 2.05) is 49.6 Å². The van der Waals surface area contributed by atoms with Gasteiger partial charge in [-0.25, -0.2) is 0 Å². The molecule has 1 saturated carbocycles. The van der Waals surface area contributed by atoms with Crippen molar-refractivity contribution in [2.75, 3.05) is 13.1 Å². The summed E-state index contributed by atoms with van der Waals surface area (Å²) in [5, 5.41) is 37.0. The number of carbonyl (C=O) groups excluding carboxylic acids is 1. The molecule has 0 amide bonds. The highest BCUT2D eigenvalue weighted by atomic mass is 16.5. The smallest absolute Gasteiger partial charge is 0.187 e. The van der Waals surface area contributed by atoms with Crippen molar-refractivity contribution in [1.82, 2.24) is 10.2 Å². The lowest BCUT2D eigenvalue weighted by atomic mass is 9.68. The van der Waals surface area contributed by atoms with Crippen LogP contribution in [0, 0.1) is 47.0 Å². The number of aliphatic hydroxyl groups is 3. The molecule has 10 rings (SSSR count). The fraction of sp³-hybridized carbons (Fsp3) is 0.500. The van der Waals surface area contributed by atoms with Crippen LogP contribution in [0.3, 0.4) is 0 Å². The third-order valence-corrected chi connectivity index (χ3v) is 14.2. The van der Waals surface area contributed by atoms with Gasteiger partial charge in [-0.05, 0) is 95.9 Å². The Labute approximate surface area is 340 Å². The Morgan fingerprint density at radius 2 is 1.93 bits per heavy atom. The number of aliphatic imine (C=N–C) groups is 1. The highest BCUT2D eigenvalue weighted by molar-refractivity contribution is 5.89. The molecule has 10 heteroatoms. The third-order valence-electron chi connectivity index (χ3n) is 14.2. The Kier molecular flexibility index (Phi) is 9.62. The first-order valence-corrected chi connectivity index (χ1v) is 21.3. The number of rotatable bonds is 6. The molecule has 3 aliphatic carbocycles. The van der Waals surface area contributed by atoms with Gasteiger partial charge in [0.25, 0.3) is 0 Å². The van der Waals surface area contributed by atoms with Crippen molar-refractivity contribution < 1.29 is 29.6 Å². The summed E-state index contributed by atoms with van der Waals surface area (Å²) in [6, 6.07) is 9.83. The average Bonchev–Trinajstić information content (AvgIpc) is 3.96. The highest BCUT2D eigenvalue weighted by Crippen LogP contribution is 2.53. The molecule has 0 saturated heterocycles. The van der Waals surface area contributed by atoms with Gasteiger partial charge in [0.15, 0.2) is 17.7 Å². The van der Waals surface area contributed by atoms with E-state index in [0.29, 0.717) is 36.8 Å². The van der Waals surface area contributed by atoms with Crippen LogP contribution < -0.4 is 20.5 Å². The summed E-state index contributed by atoms with van der Waals surface area (Å²) in [5.41, 5.74) is 14.7. The van der Waals surface area contributed by atoms with Crippen molar-refractivity contribution in [1.29, 1.82) is 0 Å². The molecular formula is C48H52N4O6. The minimum absolute atomic E-state index is 0.0139. The fourth-order valence-electron chi connectivity index (χ4n) is 11.1. The van der Waals surface area contributed by atoms with Gasteiger partial charge in [0, 0.05) is 55.8 Å². The lowest BCUT2D eigenvalue weighted by Crippen LogP contribution is -2.47. The predicted octanol–water partition coefficient (Wildman–Crippen LogP) is 5.56. The molecule has 300 valence electrons. The van der Waals surface area contributed by atoms with E-state index in [-0.39, 0.29) is 36.6 Å². The molecule has 2 aromatic rings. The zero-order chi connectivity index (χ0) is 39.7. The number of carbonyl (C=O) groups is 1. The van der Waals surface area contributed by atoms with E-state index >= 15 is 0 Å². The zero-order valence-electron chi connectivity index (χ0n) is 33.0. The summed E-state index contributed by atoms with van der Waals surface area (Å²) in [5.74, 6) is 11.2. The molecule has 5 aliphatic heterocycles. The van der Waals surface area contributed by atoms with Crippen LogP contribution in [0.2, 0.25) is 0 Å². The third kappa shape index (κ3) is 6.51. The molecule has 58 heavy (non-hydrogen) atoms. The number of benzene rings is 2. The van der Waals surface area contributed by atoms with Gasteiger partial charge in [-0.1, -0.05) is 67.9 Å². The SMILES string of the molecule is CC1C=CC(C(O)CC(=O)CCc2ccc3c(c2)OC2C(C#CC(O)c4ccc5c6c4C(CCC6CNC5N)C4=C5CN2C=C5N=C4)C2(C#CO3)CCCC2)C(O)C1. The van der Waals surface area contributed by atoms with Crippen molar-refractivity contribution in [3.8, 4) is 35.4 Å². The second kappa shape index (κ2) is 14.9. The summed E-state index contributed by atoms with van der Waals surface area (Å²) in [4.78, 5) is 20.4. The lowest BCUT2D eigenvalue weighted by Gasteiger charge is -2.41. The monoisotopic (exact) mass is 780 g/mol. The van der Waals surface area contributed by atoms with Gasteiger partial charge >= 0.3 is 0 Å². The Bertz CT molecular complexity index is 2280. The van der Waals surface area contributed by atoms with Crippen LogP contribution in [0.25, 0.3) is 0 Å². The zero-order valence-corrected chi connectivity index (χ0v) is 33.0. The first-order chi connectivity index (χ1) is 28.2. The summed E-state index contributed by atoms with van der Waals surface area (Å²) < 4.78 is 13.3. The van der Waals surface area contributed by atoms with Crippen molar-refractivity contribution >= 4 is 12.0 Å². The van der Waals surface area contributed by atoms with E-state index < -0.39 is 41.8 Å². The number of nitrogens with one attached hydrogen (secondary N) is 1. The molecule has 10 unspecified atom stereocenters. The second-order valence-electron chi connectivity index (χ2n) is 17.9. The topological polar surface area (TPSA) is 150 Å². The molecule has 1 spiro atoms.